The van der Waals surface area contributed by atoms with E-state index < -0.39 is 16.7 Å². The summed E-state index contributed by atoms with van der Waals surface area (Å²) in [6.07, 6.45) is 1.43. The number of ether oxygens (including phenoxy) is 1. The van der Waals surface area contributed by atoms with Crippen LogP contribution in [0.3, 0.4) is 0 Å². The highest BCUT2D eigenvalue weighted by Gasteiger charge is 2.16. The van der Waals surface area contributed by atoms with Gasteiger partial charge in [0.15, 0.2) is 0 Å². The number of nitro groups is 1. The Hall–Kier alpha value is -5.13. The van der Waals surface area contributed by atoms with E-state index in [9.17, 15) is 24.5 Å². The van der Waals surface area contributed by atoms with E-state index >= 15 is 0 Å². The lowest BCUT2D eigenvalue weighted by Gasteiger charge is -2.13. The molecule has 0 aliphatic heterocycles. The number of hydrogen-bond donors (Lipinski definition) is 3. The number of anilines is 2. The number of amides is 3. The molecule has 4 rings (SSSR count). The number of carbonyl (C=O) groups excluding carboxylic acids is 3. The molecule has 3 N–H and O–H groups in total. The molecule has 0 radical (unpaired) electrons. The molecule has 4 aromatic rings. The highest BCUT2D eigenvalue weighted by molar-refractivity contribution is 8.00. The first-order chi connectivity index (χ1) is 21.1. The zero-order valence-electron chi connectivity index (χ0n) is 23.6. The Bertz CT molecular complexity index is 1730. The van der Waals surface area contributed by atoms with E-state index in [-0.39, 0.29) is 23.0 Å². The van der Waals surface area contributed by atoms with Crippen LogP contribution in [-0.2, 0) is 9.59 Å². The molecule has 224 valence electrons. The standard InChI is InChI=1S/C32H27ClN4O6S/c1-20-15-27(29(43-2)18-26(20)33)35-30(38)19-44-25-10-6-9-23(17-25)34-32(40)28(36-31(39)22-7-4-3-5-8-22)16-21-11-13-24(14-12-21)37(41)42/h3-18H,19H2,1-2H3,(H,34,40)(H,35,38)(H,36,39)/b28-16+. The number of nitrogens with one attached hydrogen (secondary N) is 3. The molecule has 4 aromatic carbocycles. The van der Waals surface area contributed by atoms with E-state index in [0.717, 1.165) is 5.56 Å². The first-order valence-corrected chi connectivity index (χ1v) is 14.5. The van der Waals surface area contributed by atoms with Crippen molar-refractivity contribution >= 4 is 64.2 Å². The minimum Gasteiger partial charge on any atom is -0.495 e. The lowest BCUT2D eigenvalue weighted by molar-refractivity contribution is -0.384. The zero-order chi connectivity index (χ0) is 31.6. The summed E-state index contributed by atoms with van der Waals surface area (Å²) < 4.78 is 5.31. The summed E-state index contributed by atoms with van der Waals surface area (Å²) in [4.78, 5) is 50.1. The molecule has 10 nitrogen and oxygen atoms in total. The largest absolute Gasteiger partial charge is 0.495 e. The van der Waals surface area contributed by atoms with Gasteiger partial charge in [-0.05, 0) is 72.7 Å². The van der Waals surface area contributed by atoms with Crippen LogP contribution in [0, 0.1) is 17.0 Å². The van der Waals surface area contributed by atoms with Crippen LogP contribution < -0.4 is 20.7 Å². The molecule has 0 fully saturated rings. The van der Waals surface area contributed by atoms with Crippen LogP contribution in [0.1, 0.15) is 21.5 Å². The molecule has 12 heteroatoms. The van der Waals surface area contributed by atoms with Gasteiger partial charge in [0.2, 0.25) is 5.91 Å². The van der Waals surface area contributed by atoms with E-state index in [1.807, 2.05) is 6.92 Å². The number of benzene rings is 4. The van der Waals surface area contributed by atoms with Gasteiger partial charge in [-0.15, -0.1) is 11.8 Å². The predicted molar refractivity (Wildman–Crippen MR) is 172 cm³/mol. The number of aryl methyl sites for hydroxylation is 1. The number of rotatable bonds is 11. The minimum absolute atomic E-state index is 0.0719. The van der Waals surface area contributed by atoms with Crippen LogP contribution in [0.4, 0.5) is 17.1 Å². The predicted octanol–water partition coefficient (Wildman–Crippen LogP) is 6.71. The molecule has 0 heterocycles. The van der Waals surface area contributed by atoms with Gasteiger partial charge in [-0.2, -0.15) is 0 Å². The average Bonchev–Trinajstić information content (AvgIpc) is 3.02. The SMILES string of the molecule is COc1cc(Cl)c(C)cc1NC(=O)CSc1cccc(NC(=O)/C(=C\c2ccc([N+](=O)[O-])cc2)NC(=O)c2ccccc2)c1. The van der Waals surface area contributed by atoms with Crippen molar-refractivity contribution in [3.63, 3.8) is 0 Å². The van der Waals surface area contributed by atoms with Crippen LogP contribution in [0.2, 0.25) is 5.02 Å². The molecule has 0 saturated heterocycles. The Kier molecular flexibility index (Phi) is 10.7. The molecular formula is C32H27ClN4O6S. The number of hydrogen-bond acceptors (Lipinski definition) is 7. The van der Waals surface area contributed by atoms with Crippen molar-refractivity contribution in [2.75, 3.05) is 23.5 Å². The highest BCUT2D eigenvalue weighted by atomic mass is 35.5. The summed E-state index contributed by atoms with van der Waals surface area (Å²) in [7, 11) is 1.49. The fourth-order valence-electron chi connectivity index (χ4n) is 3.93. The molecule has 0 aromatic heterocycles. The third-order valence-electron chi connectivity index (χ3n) is 6.16. The van der Waals surface area contributed by atoms with Crippen LogP contribution >= 0.6 is 23.4 Å². The number of nitrogens with zero attached hydrogens (tertiary/aromatic N) is 1. The van der Waals surface area contributed by atoms with Crippen LogP contribution in [0.15, 0.2) is 102 Å². The maximum Gasteiger partial charge on any atom is 0.272 e. The molecule has 0 spiro atoms. The van der Waals surface area contributed by atoms with Crippen molar-refractivity contribution in [3.8, 4) is 5.75 Å². The van der Waals surface area contributed by atoms with E-state index in [4.69, 9.17) is 16.3 Å². The minimum atomic E-state index is -0.613. The van der Waals surface area contributed by atoms with Crippen LogP contribution in [0.25, 0.3) is 6.08 Å². The summed E-state index contributed by atoms with van der Waals surface area (Å²) in [6, 6.07) is 24.2. The fraction of sp³-hybridized carbons (Fsp3) is 0.0938. The van der Waals surface area contributed by atoms with Crippen LogP contribution in [0.5, 0.6) is 5.75 Å². The Morgan fingerprint density at radius 3 is 2.36 bits per heavy atom. The van der Waals surface area contributed by atoms with Gasteiger partial charge in [0.25, 0.3) is 17.5 Å². The highest BCUT2D eigenvalue weighted by Crippen LogP contribution is 2.31. The number of carbonyl (C=O) groups is 3. The second-order valence-electron chi connectivity index (χ2n) is 9.35. The summed E-state index contributed by atoms with van der Waals surface area (Å²) >= 11 is 7.41. The van der Waals surface area contributed by atoms with Crippen molar-refractivity contribution in [1.82, 2.24) is 5.32 Å². The maximum absolute atomic E-state index is 13.4. The molecule has 0 saturated carbocycles. The van der Waals surface area contributed by atoms with E-state index in [1.54, 1.807) is 66.7 Å². The molecule has 0 atom stereocenters. The van der Waals surface area contributed by atoms with E-state index in [1.165, 1.54) is 49.2 Å². The Morgan fingerprint density at radius 1 is 0.955 bits per heavy atom. The molecule has 3 amide bonds. The lowest BCUT2D eigenvalue weighted by atomic mass is 10.1. The Labute approximate surface area is 262 Å². The maximum atomic E-state index is 13.4. The van der Waals surface area contributed by atoms with Crippen molar-refractivity contribution < 1.29 is 24.0 Å². The quantitative estimate of drug-likeness (QED) is 0.0724. The van der Waals surface area contributed by atoms with Gasteiger partial charge in [-0.1, -0.05) is 35.9 Å². The van der Waals surface area contributed by atoms with Crippen LogP contribution in [-0.4, -0.2) is 35.5 Å². The summed E-state index contributed by atoms with van der Waals surface area (Å²) in [5, 5.41) is 19.8. The second-order valence-corrected chi connectivity index (χ2v) is 10.8. The smallest absolute Gasteiger partial charge is 0.272 e. The average molecular weight is 631 g/mol. The number of nitro benzene ring substituents is 1. The van der Waals surface area contributed by atoms with Crippen molar-refractivity contribution in [2.24, 2.45) is 0 Å². The van der Waals surface area contributed by atoms with Crippen molar-refractivity contribution in [2.45, 2.75) is 11.8 Å². The van der Waals surface area contributed by atoms with Crippen molar-refractivity contribution in [3.05, 3.63) is 129 Å². The Morgan fingerprint density at radius 2 is 1.68 bits per heavy atom. The Balaban J connectivity index is 1.47. The molecular weight excluding hydrogens is 604 g/mol. The molecule has 0 bridgehead atoms. The number of non-ortho nitro benzene ring substituents is 1. The van der Waals surface area contributed by atoms with Crippen molar-refractivity contribution in [1.29, 1.82) is 0 Å². The normalized spacial score (nSPS) is 10.9. The number of thioether (sulfide) groups is 1. The first-order valence-electron chi connectivity index (χ1n) is 13.1. The second kappa shape index (κ2) is 14.9. The molecule has 0 aliphatic carbocycles. The number of methoxy groups -OCH3 is 1. The van der Waals surface area contributed by atoms with Gasteiger partial charge in [0.1, 0.15) is 11.4 Å². The summed E-state index contributed by atoms with van der Waals surface area (Å²) in [5.74, 6) is -0.850. The molecule has 0 aliphatic rings. The lowest BCUT2D eigenvalue weighted by Crippen LogP contribution is -2.30. The van der Waals surface area contributed by atoms with Gasteiger partial charge in [0, 0.05) is 39.4 Å². The molecule has 44 heavy (non-hydrogen) atoms. The van der Waals surface area contributed by atoms with E-state index in [0.29, 0.717) is 38.2 Å². The summed E-state index contributed by atoms with van der Waals surface area (Å²) in [6.45, 7) is 1.82. The first kappa shape index (κ1) is 31.8. The summed E-state index contributed by atoms with van der Waals surface area (Å²) in [5.41, 5.74) is 2.37. The molecule has 0 unspecified atom stereocenters. The van der Waals surface area contributed by atoms with E-state index in [2.05, 4.69) is 16.0 Å². The van der Waals surface area contributed by atoms with Gasteiger partial charge in [0.05, 0.1) is 23.5 Å². The fourth-order valence-corrected chi connectivity index (χ4v) is 4.84. The zero-order valence-corrected chi connectivity index (χ0v) is 25.2. The van der Waals surface area contributed by atoms with Gasteiger partial charge in [-0.3, -0.25) is 24.5 Å². The van der Waals surface area contributed by atoms with Gasteiger partial charge >= 0.3 is 0 Å². The van der Waals surface area contributed by atoms with Gasteiger partial charge in [-0.25, -0.2) is 0 Å². The van der Waals surface area contributed by atoms with Gasteiger partial charge < -0.3 is 20.7 Å². The topological polar surface area (TPSA) is 140 Å². The monoisotopic (exact) mass is 630 g/mol. The number of halogens is 1. The third-order valence-corrected chi connectivity index (χ3v) is 7.56. The third kappa shape index (κ3) is 8.69.